The zero-order valence-electron chi connectivity index (χ0n) is 15.1. The first-order valence-electron chi connectivity index (χ1n) is 8.03. The molecule has 2 amide bonds. The highest BCUT2D eigenvalue weighted by Gasteiger charge is 2.38. The minimum Gasteiger partial charge on any atom is -0.346 e. The van der Waals surface area contributed by atoms with Gasteiger partial charge in [-0.1, -0.05) is 0 Å². The first-order chi connectivity index (χ1) is 13.4. The van der Waals surface area contributed by atoms with Crippen molar-refractivity contribution in [1.82, 2.24) is 9.88 Å². The number of hydrogen-bond acceptors (Lipinski definition) is 4. The van der Waals surface area contributed by atoms with Crippen molar-refractivity contribution in [3.05, 3.63) is 53.1 Å². The summed E-state index contributed by atoms with van der Waals surface area (Å²) in [6, 6.07) is 3.73. The molecule has 0 aliphatic rings. The van der Waals surface area contributed by atoms with Gasteiger partial charge in [0.15, 0.2) is 0 Å². The number of nitriles is 1. The number of halogens is 4. The number of carbonyl (C=O) groups is 3. The van der Waals surface area contributed by atoms with Gasteiger partial charge in [-0.25, -0.2) is 4.39 Å². The van der Waals surface area contributed by atoms with E-state index in [1.807, 2.05) is 0 Å². The van der Waals surface area contributed by atoms with Crippen LogP contribution in [0.2, 0.25) is 0 Å². The predicted molar refractivity (Wildman–Crippen MR) is 92.5 cm³/mol. The molecule has 0 spiro atoms. The topological polar surface area (TPSA) is 104 Å². The molecule has 2 aromatic rings. The van der Waals surface area contributed by atoms with Gasteiger partial charge in [-0.2, -0.15) is 18.4 Å². The van der Waals surface area contributed by atoms with Crippen molar-refractivity contribution in [2.24, 2.45) is 7.05 Å². The van der Waals surface area contributed by atoms with Crippen LogP contribution in [0.15, 0.2) is 30.5 Å². The maximum Gasteiger partial charge on any atom is 0.408 e. The molecule has 0 saturated carbocycles. The van der Waals surface area contributed by atoms with Crippen molar-refractivity contribution >= 4 is 23.3 Å². The van der Waals surface area contributed by atoms with Crippen LogP contribution in [0.3, 0.4) is 0 Å². The number of ketones is 1. The van der Waals surface area contributed by atoms with E-state index in [-0.39, 0.29) is 22.5 Å². The van der Waals surface area contributed by atoms with E-state index in [9.17, 15) is 31.9 Å². The summed E-state index contributed by atoms with van der Waals surface area (Å²) in [5.74, 6) is -4.23. The van der Waals surface area contributed by atoms with Gasteiger partial charge in [-0.3, -0.25) is 14.4 Å². The van der Waals surface area contributed by atoms with E-state index in [0.717, 1.165) is 24.4 Å². The molecule has 0 fully saturated rings. The maximum absolute atomic E-state index is 13.3. The Morgan fingerprint density at radius 2 is 1.86 bits per heavy atom. The number of nitrogens with zero attached hydrogens (tertiary/aromatic N) is 2. The van der Waals surface area contributed by atoms with Gasteiger partial charge in [-0.15, -0.1) is 0 Å². The summed E-state index contributed by atoms with van der Waals surface area (Å²) >= 11 is 0. The number of nitrogens with one attached hydrogen (secondary N) is 2. The molecule has 0 radical (unpaired) electrons. The Morgan fingerprint density at radius 3 is 2.45 bits per heavy atom. The van der Waals surface area contributed by atoms with Gasteiger partial charge in [0.05, 0.1) is 5.56 Å². The van der Waals surface area contributed by atoms with Crippen LogP contribution in [0.4, 0.5) is 23.2 Å². The van der Waals surface area contributed by atoms with Gasteiger partial charge in [0.2, 0.25) is 0 Å². The quantitative estimate of drug-likeness (QED) is 0.449. The molecule has 1 aromatic carbocycles. The number of Topliss-reactive ketones (excluding diaryl/α,β-unsaturated/α-hetero) is 1. The van der Waals surface area contributed by atoms with E-state index in [1.165, 1.54) is 17.7 Å². The zero-order chi connectivity index (χ0) is 21.9. The Bertz CT molecular complexity index is 1020. The summed E-state index contributed by atoms with van der Waals surface area (Å²) in [4.78, 5) is 36.2. The third-order valence-electron chi connectivity index (χ3n) is 3.89. The molecule has 152 valence electrons. The number of anilines is 1. The highest BCUT2D eigenvalue weighted by molar-refractivity contribution is 6.43. The molecule has 0 aliphatic heterocycles. The highest BCUT2D eigenvalue weighted by Crippen LogP contribution is 2.20. The summed E-state index contributed by atoms with van der Waals surface area (Å²) in [6.45, 7) is 0.688. The lowest BCUT2D eigenvalue weighted by Gasteiger charge is -2.16. The van der Waals surface area contributed by atoms with Gasteiger partial charge in [0, 0.05) is 24.5 Å². The van der Waals surface area contributed by atoms with E-state index in [4.69, 9.17) is 5.26 Å². The number of alkyl halides is 3. The van der Waals surface area contributed by atoms with Crippen LogP contribution in [0.5, 0.6) is 0 Å². The van der Waals surface area contributed by atoms with Gasteiger partial charge in [0.1, 0.15) is 23.6 Å². The molecule has 0 aliphatic carbocycles. The molecule has 2 N–H and O–H groups in total. The second-order valence-corrected chi connectivity index (χ2v) is 6.05. The van der Waals surface area contributed by atoms with E-state index in [1.54, 1.807) is 11.4 Å². The molecule has 1 atom stereocenters. The lowest BCUT2D eigenvalue weighted by molar-refractivity contribution is -0.156. The average molecular weight is 410 g/mol. The van der Waals surface area contributed by atoms with Crippen LogP contribution in [-0.4, -0.2) is 34.4 Å². The molecule has 1 heterocycles. The molecule has 0 bridgehead atoms. The van der Waals surface area contributed by atoms with E-state index in [0.29, 0.717) is 6.92 Å². The number of amides is 2. The Kier molecular flexibility index (Phi) is 6.06. The Hall–Kier alpha value is -3.68. The van der Waals surface area contributed by atoms with Crippen LogP contribution in [0.25, 0.3) is 0 Å². The van der Waals surface area contributed by atoms with Crippen LogP contribution in [-0.2, 0) is 11.8 Å². The molecule has 29 heavy (non-hydrogen) atoms. The van der Waals surface area contributed by atoms with Crippen LogP contribution >= 0.6 is 0 Å². The van der Waals surface area contributed by atoms with Crippen molar-refractivity contribution < 1.29 is 31.9 Å². The number of aromatic nitrogens is 1. The van der Waals surface area contributed by atoms with Gasteiger partial charge in [0.25, 0.3) is 17.6 Å². The Balaban J connectivity index is 2.17. The number of aryl methyl sites for hydroxylation is 1. The highest BCUT2D eigenvalue weighted by atomic mass is 19.4. The average Bonchev–Trinajstić information content (AvgIpc) is 3.03. The number of carbonyl (C=O) groups excluding carboxylic acids is 3. The van der Waals surface area contributed by atoms with E-state index < -0.39 is 35.6 Å². The number of rotatable bonds is 5. The fraction of sp³-hybridized carbons (Fsp3) is 0.222. The number of hydrogen-bond donors (Lipinski definition) is 2. The minimum absolute atomic E-state index is 0.0900. The predicted octanol–water partition coefficient (Wildman–Crippen LogP) is 2.54. The molecule has 2 rings (SSSR count). The summed E-state index contributed by atoms with van der Waals surface area (Å²) in [5, 5.41) is 12.8. The number of benzene rings is 1. The smallest absolute Gasteiger partial charge is 0.346 e. The van der Waals surface area contributed by atoms with Gasteiger partial charge < -0.3 is 15.2 Å². The fourth-order valence-corrected chi connectivity index (χ4v) is 2.27. The van der Waals surface area contributed by atoms with Crippen LogP contribution in [0, 0.1) is 17.1 Å². The standard InChI is InChI=1S/C18H14F4N4O3/c1-9(18(20,21)22)24-17(29)15(27)11-6-14(26(2)8-11)16(28)25-12-3-4-13(19)10(5-12)7-23/h3-6,8-9H,1-2H3,(H,24,29)(H,25,28)/t9-/m0/s1. The first-order valence-corrected chi connectivity index (χ1v) is 8.03. The van der Waals surface area contributed by atoms with E-state index >= 15 is 0 Å². The lowest BCUT2D eigenvalue weighted by Crippen LogP contribution is -2.45. The van der Waals surface area contributed by atoms with Crippen molar-refractivity contribution in [2.45, 2.75) is 19.1 Å². The van der Waals surface area contributed by atoms with Crippen molar-refractivity contribution in [3.63, 3.8) is 0 Å². The summed E-state index contributed by atoms with van der Waals surface area (Å²) in [7, 11) is 1.38. The zero-order valence-corrected chi connectivity index (χ0v) is 15.1. The second kappa shape index (κ2) is 8.14. The lowest BCUT2D eigenvalue weighted by atomic mass is 10.1. The normalized spacial score (nSPS) is 12.0. The van der Waals surface area contributed by atoms with Gasteiger partial charge in [-0.05, 0) is 31.2 Å². The maximum atomic E-state index is 13.3. The van der Waals surface area contributed by atoms with E-state index in [2.05, 4.69) is 5.32 Å². The SMILES string of the molecule is C[C@H](NC(=O)C(=O)c1cc(C(=O)Nc2ccc(F)c(C#N)c2)n(C)c1)C(F)(F)F. The fourth-order valence-electron chi connectivity index (χ4n) is 2.27. The van der Waals surface area contributed by atoms with Crippen LogP contribution < -0.4 is 10.6 Å². The first kappa shape index (κ1) is 21.6. The molecular formula is C18H14F4N4O3. The van der Waals surface area contributed by atoms with Crippen molar-refractivity contribution in [3.8, 4) is 6.07 Å². The monoisotopic (exact) mass is 410 g/mol. The summed E-state index contributed by atoms with van der Waals surface area (Å²) in [5.41, 5.74) is -0.561. The molecule has 1 aromatic heterocycles. The molecule has 7 nitrogen and oxygen atoms in total. The molecule has 0 unspecified atom stereocenters. The Labute approximate surface area is 161 Å². The third-order valence-corrected chi connectivity index (χ3v) is 3.89. The molecule has 11 heteroatoms. The van der Waals surface area contributed by atoms with Crippen LogP contribution in [0.1, 0.15) is 33.3 Å². The van der Waals surface area contributed by atoms with Crippen molar-refractivity contribution in [1.29, 1.82) is 5.26 Å². The largest absolute Gasteiger partial charge is 0.408 e. The second-order valence-electron chi connectivity index (χ2n) is 6.05. The summed E-state index contributed by atoms with van der Waals surface area (Å²) in [6.07, 6.45) is -3.60. The Morgan fingerprint density at radius 1 is 1.21 bits per heavy atom. The minimum atomic E-state index is -4.71. The molecule has 0 saturated heterocycles. The van der Waals surface area contributed by atoms with Gasteiger partial charge >= 0.3 is 6.18 Å². The van der Waals surface area contributed by atoms with Crippen molar-refractivity contribution in [2.75, 3.05) is 5.32 Å². The third kappa shape index (κ3) is 4.98. The molecular weight excluding hydrogens is 396 g/mol. The summed E-state index contributed by atoms with van der Waals surface area (Å²) < 4.78 is 52.1.